The molecule has 2 N–H and O–H groups in total. The van der Waals surface area contributed by atoms with Crippen LogP contribution in [-0.4, -0.2) is 45.7 Å². The molecule has 0 fully saturated rings. The molecule has 124 valence electrons. The molecule has 1 aromatic heterocycles. The highest BCUT2D eigenvalue weighted by atomic mass is 16.2. The number of hydrogen-bond donors (Lipinski definition) is 2. The van der Waals surface area contributed by atoms with Crippen molar-refractivity contribution < 1.29 is 14.4 Å². The van der Waals surface area contributed by atoms with E-state index in [4.69, 9.17) is 0 Å². The summed E-state index contributed by atoms with van der Waals surface area (Å²) in [6.45, 7) is 10.5. The van der Waals surface area contributed by atoms with Gasteiger partial charge in [-0.05, 0) is 13.8 Å². The van der Waals surface area contributed by atoms with Crippen molar-refractivity contribution in [3.8, 4) is 0 Å². The fourth-order valence-electron chi connectivity index (χ4n) is 1.81. The Hall–Kier alpha value is -3.36. The van der Waals surface area contributed by atoms with E-state index in [9.17, 15) is 14.4 Å². The number of hydrogen-bond acceptors (Lipinski definition) is 5. The molecule has 1 aliphatic rings. The van der Waals surface area contributed by atoms with Crippen LogP contribution in [0.2, 0.25) is 0 Å². The molecule has 1 aromatic rings. The van der Waals surface area contributed by atoms with Gasteiger partial charge in [0.05, 0.1) is 17.0 Å². The summed E-state index contributed by atoms with van der Waals surface area (Å²) in [5.74, 6) is -2.09. The molecule has 3 amide bonds. The van der Waals surface area contributed by atoms with E-state index >= 15 is 0 Å². The predicted molar refractivity (Wildman–Crippen MR) is 88.9 cm³/mol. The van der Waals surface area contributed by atoms with Gasteiger partial charge in [-0.15, -0.1) is 6.58 Å². The second-order valence-corrected chi connectivity index (χ2v) is 4.93. The van der Waals surface area contributed by atoms with Gasteiger partial charge >= 0.3 is 11.8 Å². The molecule has 0 saturated heterocycles. The lowest BCUT2D eigenvalue weighted by molar-refractivity contribution is -0.136. The maximum Gasteiger partial charge on any atom is 0.314 e. The molecule has 24 heavy (non-hydrogen) atoms. The third-order valence-corrected chi connectivity index (χ3v) is 3.04. The quantitative estimate of drug-likeness (QED) is 0.468. The Labute approximate surface area is 137 Å². The number of carbonyl (C=O) groups excluding carboxylic acids is 3. The minimum Gasteiger partial charge on any atom is -0.344 e. The third kappa shape index (κ3) is 3.51. The maximum absolute atomic E-state index is 11.9. The number of aromatic nitrogens is 2. The first kappa shape index (κ1) is 17.0. The molecular formula is C15H16N6O3. The Morgan fingerprint density at radius 1 is 1.29 bits per heavy atom. The predicted octanol–water partition coefficient (Wildman–Crippen LogP) is 0.194. The number of aliphatic imine (C=N–C) groups is 2. The Morgan fingerprint density at radius 3 is 2.62 bits per heavy atom. The van der Waals surface area contributed by atoms with Crippen LogP contribution in [0, 0.1) is 6.92 Å². The van der Waals surface area contributed by atoms with Gasteiger partial charge < -0.3 is 10.6 Å². The first-order chi connectivity index (χ1) is 11.3. The molecule has 0 atom stereocenters. The summed E-state index contributed by atoms with van der Waals surface area (Å²) in [6, 6.07) is 1.53. The molecule has 2 heterocycles. The van der Waals surface area contributed by atoms with Crippen molar-refractivity contribution in [3.05, 3.63) is 36.6 Å². The van der Waals surface area contributed by atoms with Crippen LogP contribution in [0.15, 0.2) is 40.9 Å². The second kappa shape index (κ2) is 6.82. The molecule has 0 unspecified atom stereocenters. The van der Waals surface area contributed by atoms with Crippen molar-refractivity contribution in [1.82, 2.24) is 15.1 Å². The van der Waals surface area contributed by atoms with Crippen LogP contribution in [0.4, 0.5) is 5.82 Å². The molecule has 2 rings (SSSR count). The zero-order valence-corrected chi connectivity index (χ0v) is 13.3. The van der Waals surface area contributed by atoms with Crippen LogP contribution >= 0.6 is 0 Å². The fraction of sp³-hybridized carbons (Fsp3) is 0.200. The topological polar surface area (TPSA) is 118 Å². The summed E-state index contributed by atoms with van der Waals surface area (Å²) >= 11 is 0. The van der Waals surface area contributed by atoms with Crippen LogP contribution in [0.5, 0.6) is 0 Å². The van der Waals surface area contributed by atoms with Gasteiger partial charge in [0.1, 0.15) is 5.82 Å². The van der Waals surface area contributed by atoms with Gasteiger partial charge in [0.2, 0.25) is 0 Å². The summed E-state index contributed by atoms with van der Waals surface area (Å²) in [7, 11) is 0. The molecule has 0 aliphatic carbocycles. The van der Waals surface area contributed by atoms with E-state index < -0.39 is 17.7 Å². The number of carbonyl (C=O) groups is 3. The lowest BCUT2D eigenvalue weighted by Crippen LogP contribution is -2.36. The van der Waals surface area contributed by atoms with E-state index in [1.165, 1.54) is 16.8 Å². The number of amides is 3. The van der Waals surface area contributed by atoms with Gasteiger partial charge in [-0.25, -0.2) is 4.99 Å². The van der Waals surface area contributed by atoms with E-state index in [0.29, 0.717) is 11.4 Å². The van der Waals surface area contributed by atoms with Crippen molar-refractivity contribution in [2.45, 2.75) is 13.8 Å². The van der Waals surface area contributed by atoms with E-state index in [1.54, 1.807) is 13.8 Å². The monoisotopic (exact) mass is 328 g/mol. The van der Waals surface area contributed by atoms with Crippen molar-refractivity contribution in [2.75, 3.05) is 11.9 Å². The highest BCUT2D eigenvalue weighted by Crippen LogP contribution is 2.14. The average molecular weight is 328 g/mol. The zero-order chi connectivity index (χ0) is 17.9. The first-order valence-corrected chi connectivity index (χ1v) is 6.98. The summed E-state index contributed by atoms with van der Waals surface area (Å²) in [5, 5.41) is 8.90. The Morgan fingerprint density at radius 2 is 2.00 bits per heavy atom. The number of aryl methyl sites for hydroxylation is 1. The Kier molecular flexibility index (Phi) is 4.83. The lowest BCUT2D eigenvalue weighted by Gasteiger charge is -2.12. The Balaban J connectivity index is 2.29. The number of nitrogens with zero attached hydrogens (tertiary/aromatic N) is 4. The van der Waals surface area contributed by atoms with E-state index in [0.717, 1.165) is 0 Å². The van der Waals surface area contributed by atoms with Crippen LogP contribution in [0.1, 0.15) is 12.6 Å². The molecule has 0 bridgehead atoms. The van der Waals surface area contributed by atoms with Gasteiger partial charge in [-0.1, -0.05) is 12.7 Å². The molecule has 0 saturated carbocycles. The van der Waals surface area contributed by atoms with Crippen LogP contribution in [0.3, 0.4) is 0 Å². The number of nitrogens with one attached hydrogen (secondary N) is 2. The fourth-order valence-corrected chi connectivity index (χ4v) is 1.81. The van der Waals surface area contributed by atoms with Crippen molar-refractivity contribution in [1.29, 1.82) is 0 Å². The molecule has 0 aromatic carbocycles. The first-order valence-electron chi connectivity index (χ1n) is 6.98. The van der Waals surface area contributed by atoms with E-state index in [1.807, 2.05) is 0 Å². The minimum atomic E-state index is -0.883. The highest BCUT2D eigenvalue weighted by Gasteiger charge is 2.22. The average Bonchev–Trinajstić information content (AvgIpc) is 2.90. The van der Waals surface area contributed by atoms with Gasteiger partial charge in [0, 0.05) is 12.6 Å². The smallest absolute Gasteiger partial charge is 0.314 e. The lowest BCUT2D eigenvalue weighted by atomic mass is 10.2. The van der Waals surface area contributed by atoms with Crippen LogP contribution in [0.25, 0.3) is 0 Å². The third-order valence-electron chi connectivity index (χ3n) is 3.04. The molecule has 9 heteroatoms. The van der Waals surface area contributed by atoms with E-state index in [2.05, 4.69) is 38.9 Å². The van der Waals surface area contributed by atoms with Gasteiger partial charge in [0.15, 0.2) is 0 Å². The van der Waals surface area contributed by atoms with Crippen LogP contribution < -0.4 is 10.6 Å². The van der Waals surface area contributed by atoms with E-state index in [-0.39, 0.29) is 23.9 Å². The number of rotatable bonds is 3. The summed E-state index contributed by atoms with van der Waals surface area (Å²) < 4.78 is 1.18. The number of anilines is 1. The molecular weight excluding hydrogens is 312 g/mol. The van der Waals surface area contributed by atoms with Gasteiger partial charge in [0.25, 0.3) is 11.9 Å². The molecule has 9 nitrogen and oxygen atoms in total. The largest absolute Gasteiger partial charge is 0.344 e. The normalized spacial score (nSPS) is 13.9. The van der Waals surface area contributed by atoms with Crippen LogP contribution in [-0.2, 0) is 14.4 Å². The van der Waals surface area contributed by atoms with Gasteiger partial charge in [-0.2, -0.15) is 14.8 Å². The van der Waals surface area contributed by atoms with Crippen molar-refractivity contribution in [3.63, 3.8) is 0 Å². The Bertz CT molecular complexity index is 815. The summed E-state index contributed by atoms with van der Waals surface area (Å²) in [6.07, 6.45) is 1.45. The zero-order valence-electron chi connectivity index (χ0n) is 13.3. The second-order valence-electron chi connectivity index (χ2n) is 4.93. The van der Waals surface area contributed by atoms with Gasteiger partial charge in [-0.3, -0.25) is 14.4 Å². The molecule has 0 radical (unpaired) electrons. The SMILES string of the molecule is C=CCNC(=O)C(=O)Nc1cc(C)nn1C1=NC(=O)C(=C)C(C)=N1. The summed E-state index contributed by atoms with van der Waals surface area (Å²) in [4.78, 5) is 43.2. The maximum atomic E-state index is 11.9. The minimum absolute atomic E-state index is 0.0141. The summed E-state index contributed by atoms with van der Waals surface area (Å²) in [5.41, 5.74) is 1.14. The molecule has 1 aliphatic heterocycles. The molecule has 0 spiro atoms. The highest BCUT2D eigenvalue weighted by molar-refractivity contribution is 6.39. The van der Waals surface area contributed by atoms with Crippen molar-refractivity contribution >= 4 is 35.2 Å². The van der Waals surface area contributed by atoms with Crippen molar-refractivity contribution in [2.24, 2.45) is 9.98 Å². The standard InChI is InChI=1S/C15H16N6O3/c1-5-6-16-13(23)14(24)18-11-7-8(2)20-21(11)15-17-10(4)9(3)12(22)19-15/h5,7H,1,3,6H2,2,4H3,(H,16,23)(H,18,24).